The van der Waals surface area contributed by atoms with E-state index in [0.29, 0.717) is 5.02 Å². The molecule has 1 aliphatic heterocycles. The second-order valence-electron chi connectivity index (χ2n) is 7.19. The van der Waals surface area contributed by atoms with Crippen molar-refractivity contribution < 1.29 is 24.0 Å². The summed E-state index contributed by atoms with van der Waals surface area (Å²) in [5.41, 5.74) is 0.560. The van der Waals surface area contributed by atoms with Gasteiger partial charge in [-0.2, -0.15) is 0 Å². The molecule has 1 heterocycles. The number of carbonyl (C=O) groups is 3. The minimum Gasteiger partial charge on any atom is -0.482 e. The van der Waals surface area contributed by atoms with E-state index in [1.54, 1.807) is 0 Å². The molecule has 0 saturated carbocycles. The van der Waals surface area contributed by atoms with E-state index in [4.69, 9.17) is 16.3 Å². The van der Waals surface area contributed by atoms with E-state index < -0.39 is 22.8 Å². The minimum absolute atomic E-state index is 0.0355. The summed E-state index contributed by atoms with van der Waals surface area (Å²) in [4.78, 5) is 49.4. The van der Waals surface area contributed by atoms with Crippen molar-refractivity contribution in [1.82, 2.24) is 5.32 Å². The number of nitro groups is 1. The molecule has 34 heavy (non-hydrogen) atoms. The molecule has 0 aliphatic carbocycles. The second kappa shape index (κ2) is 9.55. The molecule has 9 nitrogen and oxygen atoms in total. The molecule has 170 valence electrons. The fourth-order valence-electron chi connectivity index (χ4n) is 3.27. The van der Waals surface area contributed by atoms with Crippen LogP contribution in [-0.4, -0.2) is 22.8 Å². The van der Waals surface area contributed by atoms with Gasteiger partial charge in [0.2, 0.25) is 0 Å². The van der Waals surface area contributed by atoms with Crippen LogP contribution in [0.2, 0.25) is 5.02 Å². The number of rotatable bonds is 6. The number of benzene rings is 3. The number of barbiturate groups is 1. The summed E-state index contributed by atoms with van der Waals surface area (Å²) in [5, 5.41) is 14.1. The lowest BCUT2D eigenvalue weighted by Gasteiger charge is -2.26. The monoisotopic (exact) mass is 477 g/mol. The molecule has 1 saturated heterocycles. The van der Waals surface area contributed by atoms with Crippen LogP contribution in [0.4, 0.5) is 16.2 Å². The largest absolute Gasteiger partial charge is 0.482 e. The van der Waals surface area contributed by atoms with Gasteiger partial charge in [0.1, 0.15) is 12.2 Å². The zero-order chi connectivity index (χ0) is 24.2. The molecule has 4 amide bonds. The predicted molar refractivity (Wildman–Crippen MR) is 124 cm³/mol. The third-order valence-electron chi connectivity index (χ3n) is 4.91. The number of carbonyl (C=O) groups excluding carboxylic acids is 3. The third kappa shape index (κ3) is 4.79. The summed E-state index contributed by atoms with van der Waals surface area (Å²) in [5.74, 6) is -1.75. The molecule has 3 aromatic rings. The van der Waals surface area contributed by atoms with Crippen molar-refractivity contribution in [1.29, 1.82) is 0 Å². The van der Waals surface area contributed by atoms with Gasteiger partial charge in [0.05, 0.1) is 10.6 Å². The predicted octanol–water partition coefficient (Wildman–Crippen LogP) is 4.49. The number of urea groups is 1. The molecular formula is C24H16ClN3O6. The molecule has 1 N–H and O–H groups in total. The number of nitro benzene ring substituents is 1. The van der Waals surface area contributed by atoms with Gasteiger partial charge in [-0.15, -0.1) is 0 Å². The average Bonchev–Trinajstić information content (AvgIpc) is 2.82. The van der Waals surface area contributed by atoms with Gasteiger partial charge >= 0.3 is 11.7 Å². The van der Waals surface area contributed by atoms with Crippen molar-refractivity contribution in [3.8, 4) is 5.75 Å². The maximum absolute atomic E-state index is 13.0. The van der Waals surface area contributed by atoms with Crippen LogP contribution >= 0.6 is 11.6 Å². The van der Waals surface area contributed by atoms with Crippen LogP contribution in [0.15, 0.2) is 78.4 Å². The Hall–Kier alpha value is -4.50. The number of halogens is 1. The highest BCUT2D eigenvalue weighted by molar-refractivity contribution is 6.39. The highest BCUT2D eigenvalue weighted by atomic mass is 35.5. The van der Waals surface area contributed by atoms with Crippen LogP contribution in [0.1, 0.15) is 11.1 Å². The summed E-state index contributed by atoms with van der Waals surface area (Å²) in [6.45, 7) is 0.126. The van der Waals surface area contributed by atoms with Crippen LogP contribution in [0.3, 0.4) is 0 Å². The van der Waals surface area contributed by atoms with Gasteiger partial charge in [-0.05, 0) is 47.5 Å². The van der Waals surface area contributed by atoms with E-state index in [1.807, 2.05) is 30.3 Å². The van der Waals surface area contributed by atoms with Gasteiger partial charge in [0.25, 0.3) is 11.8 Å². The van der Waals surface area contributed by atoms with Crippen LogP contribution in [0.5, 0.6) is 5.75 Å². The Labute approximate surface area is 198 Å². The Morgan fingerprint density at radius 1 is 1.00 bits per heavy atom. The molecule has 0 aromatic heterocycles. The first-order chi connectivity index (χ1) is 16.3. The smallest absolute Gasteiger partial charge is 0.335 e. The minimum atomic E-state index is -0.912. The molecule has 0 bridgehead atoms. The number of hydrogen-bond donors (Lipinski definition) is 1. The Morgan fingerprint density at radius 2 is 1.71 bits per heavy atom. The van der Waals surface area contributed by atoms with E-state index in [2.05, 4.69) is 5.32 Å². The van der Waals surface area contributed by atoms with Gasteiger partial charge in [0, 0.05) is 11.1 Å². The standard InChI is InChI=1S/C24H16ClN3O6/c25-17-7-9-18(10-8-17)27-23(30)19(22(29)26-24(27)31)12-16-6-11-21(20(13-16)28(32)33)34-14-15-4-2-1-3-5-15/h1-13H,14H2,(H,26,29,31)/b19-12+. The Morgan fingerprint density at radius 3 is 2.38 bits per heavy atom. The van der Waals surface area contributed by atoms with E-state index in [9.17, 15) is 24.5 Å². The van der Waals surface area contributed by atoms with E-state index >= 15 is 0 Å². The van der Waals surface area contributed by atoms with Gasteiger partial charge in [0.15, 0.2) is 5.75 Å². The summed E-state index contributed by atoms with van der Waals surface area (Å²) < 4.78 is 5.60. The Kier molecular flexibility index (Phi) is 6.37. The van der Waals surface area contributed by atoms with Gasteiger partial charge in [-0.25, -0.2) is 9.69 Å². The van der Waals surface area contributed by atoms with E-state index in [0.717, 1.165) is 10.5 Å². The van der Waals surface area contributed by atoms with Crippen LogP contribution < -0.4 is 15.0 Å². The Balaban J connectivity index is 1.63. The molecule has 3 aromatic carbocycles. The van der Waals surface area contributed by atoms with Crippen molar-refractivity contribution in [3.63, 3.8) is 0 Å². The number of ether oxygens (including phenoxy) is 1. The third-order valence-corrected chi connectivity index (χ3v) is 5.17. The van der Waals surface area contributed by atoms with Crippen LogP contribution in [-0.2, 0) is 16.2 Å². The molecule has 0 spiro atoms. The SMILES string of the molecule is O=C1NC(=O)N(c2ccc(Cl)cc2)C(=O)/C1=C/c1ccc(OCc2ccccc2)c([N+](=O)[O-])c1. The lowest BCUT2D eigenvalue weighted by molar-refractivity contribution is -0.386. The number of amides is 4. The van der Waals surface area contributed by atoms with E-state index in [-0.39, 0.29) is 34.9 Å². The molecule has 0 radical (unpaired) electrons. The molecular weight excluding hydrogens is 462 g/mol. The van der Waals surface area contributed by atoms with Crippen molar-refractivity contribution in [2.24, 2.45) is 0 Å². The van der Waals surface area contributed by atoms with Crippen molar-refractivity contribution in [2.45, 2.75) is 6.61 Å². The fourth-order valence-corrected chi connectivity index (χ4v) is 3.40. The quantitative estimate of drug-likeness (QED) is 0.242. The topological polar surface area (TPSA) is 119 Å². The first-order valence-electron chi connectivity index (χ1n) is 9.95. The maximum Gasteiger partial charge on any atom is 0.335 e. The van der Waals surface area contributed by atoms with Gasteiger partial charge in [-0.3, -0.25) is 25.0 Å². The first-order valence-corrected chi connectivity index (χ1v) is 10.3. The molecule has 4 rings (SSSR count). The zero-order valence-electron chi connectivity index (χ0n) is 17.4. The molecule has 0 atom stereocenters. The number of nitrogens with one attached hydrogen (secondary N) is 1. The lowest BCUT2D eigenvalue weighted by atomic mass is 10.1. The zero-order valence-corrected chi connectivity index (χ0v) is 18.2. The summed E-state index contributed by atoms with van der Waals surface area (Å²) in [6, 6.07) is 18.2. The highest BCUT2D eigenvalue weighted by Crippen LogP contribution is 2.30. The maximum atomic E-state index is 13.0. The van der Waals surface area contributed by atoms with Gasteiger partial charge in [-0.1, -0.05) is 48.0 Å². The summed E-state index contributed by atoms with van der Waals surface area (Å²) >= 11 is 5.86. The lowest BCUT2D eigenvalue weighted by Crippen LogP contribution is -2.54. The number of anilines is 1. The number of nitrogens with zero attached hydrogens (tertiary/aromatic N) is 2. The molecule has 0 unspecified atom stereocenters. The highest BCUT2D eigenvalue weighted by Gasteiger charge is 2.36. The summed E-state index contributed by atoms with van der Waals surface area (Å²) in [7, 11) is 0. The summed E-state index contributed by atoms with van der Waals surface area (Å²) in [6.07, 6.45) is 1.18. The average molecular weight is 478 g/mol. The van der Waals surface area contributed by atoms with Crippen molar-refractivity contribution in [3.05, 3.63) is 105 Å². The second-order valence-corrected chi connectivity index (χ2v) is 7.63. The number of hydrogen-bond acceptors (Lipinski definition) is 6. The number of imide groups is 2. The normalized spacial score (nSPS) is 14.8. The van der Waals surface area contributed by atoms with Crippen molar-refractivity contribution in [2.75, 3.05) is 4.90 Å². The van der Waals surface area contributed by atoms with Gasteiger partial charge < -0.3 is 4.74 Å². The van der Waals surface area contributed by atoms with Crippen LogP contribution in [0, 0.1) is 10.1 Å². The first kappa shape index (κ1) is 22.7. The van der Waals surface area contributed by atoms with E-state index in [1.165, 1.54) is 48.5 Å². The molecule has 1 aliphatic rings. The molecule has 10 heteroatoms. The van der Waals surface area contributed by atoms with Crippen molar-refractivity contribution >= 4 is 46.9 Å². The van der Waals surface area contributed by atoms with Crippen LogP contribution in [0.25, 0.3) is 6.08 Å². The fraction of sp³-hybridized carbons (Fsp3) is 0.0417. The Bertz CT molecular complexity index is 1320. The molecule has 1 fully saturated rings.